The summed E-state index contributed by atoms with van der Waals surface area (Å²) in [5.41, 5.74) is 0.986. The summed E-state index contributed by atoms with van der Waals surface area (Å²) in [5.74, 6) is -0.273. The summed E-state index contributed by atoms with van der Waals surface area (Å²) in [6, 6.07) is 6.68. The number of carbonyl (C=O) groups excluding carboxylic acids is 1. The number of aliphatic carboxylic acids is 1. The van der Waals surface area contributed by atoms with E-state index in [-0.39, 0.29) is 18.2 Å². The highest BCUT2D eigenvalue weighted by molar-refractivity contribution is 5.83. The van der Waals surface area contributed by atoms with Crippen LogP contribution in [0.5, 0.6) is 5.75 Å². The smallest absolute Gasteiger partial charge is 0.326 e. The van der Waals surface area contributed by atoms with Crippen molar-refractivity contribution in [2.24, 2.45) is 5.92 Å². The predicted octanol–water partition coefficient (Wildman–Crippen LogP) is 2.24. The molecule has 0 saturated carbocycles. The Balaban J connectivity index is 2.50. The zero-order valence-electron chi connectivity index (χ0n) is 12.8. The van der Waals surface area contributed by atoms with Gasteiger partial charge in [0, 0.05) is 6.42 Å². The van der Waals surface area contributed by atoms with Crippen molar-refractivity contribution in [3.63, 3.8) is 0 Å². The molecule has 2 N–H and O–H groups in total. The van der Waals surface area contributed by atoms with Gasteiger partial charge < -0.3 is 15.2 Å². The average molecular weight is 293 g/mol. The first-order valence-electron chi connectivity index (χ1n) is 7.07. The lowest BCUT2D eigenvalue weighted by Gasteiger charge is -2.16. The van der Waals surface area contributed by atoms with Crippen LogP contribution >= 0.6 is 0 Å². The van der Waals surface area contributed by atoms with Crippen LogP contribution in [-0.2, 0) is 16.0 Å². The van der Waals surface area contributed by atoms with Crippen LogP contribution in [0.15, 0.2) is 24.3 Å². The van der Waals surface area contributed by atoms with E-state index in [9.17, 15) is 9.59 Å². The van der Waals surface area contributed by atoms with E-state index in [1.54, 1.807) is 7.11 Å². The minimum absolute atomic E-state index is 0.213. The summed E-state index contributed by atoms with van der Waals surface area (Å²) in [6.07, 6.45) is 1.24. The minimum atomic E-state index is -0.988. The highest BCUT2D eigenvalue weighted by Gasteiger charge is 2.20. The standard InChI is InChI=1S/C16H23NO4/c1-11(2)9-14(16(19)20)17-15(18)8-7-12-5-4-6-13(10-12)21-3/h4-6,10-11,14H,7-9H2,1-3H3,(H,17,18)(H,19,20)/t14-/m1/s1. The molecule has 5 heteroatoms. The number of nitrogens with one attached hydrogen (secondary N) is 1. The van der Waals surface area contributed by atoms with Crippen LogP contribution in [0.4, 0.5) is 0 Å². The summed E-state index contributed by atoms with van der Waals surface area (Å²) >= 11 is 0. The minimum Gasteiger partial charge on any atom is -0.497 e. The van der Waals surface area contributed by atoms with Gasteiger partial charge in [0.25, 0.3) is 0 Å². The summed E-state index contributed by atoms with van der Waals surface area (Å²) in [6.45, 7) is 3.86. The number of rotatable bonds is 8. The highest BCUT2D eigenvalue weighted by Crippen LogP contribution is 2.14. The third kappa shape index (κ3) is 6.29. The van der Waals surface area contributed by atoms with Crippen molar-refractivity contribution in [1.29, 1.82) is 0 Å². The SMILES string of the molecule is COc1cccc(CCC(=O)N[C@H](CC(C)C)C(=O)O)c1. The first kappa shape index (κ1) is 17.0. The Kier molecular flexibility index (Phi) is 6.72. The van der Waals surface area contributed by atoms with E-state index in [1.807, 2.05) is 38.1 Å². The van der Waals surface area contributed by atoms with Crippen LogP contribution < -0.4 is 10.1 Å². The molecule has 0 spiro atoms. The van der Waals surface area contributed by atoms with E-state index in [1.165, 1.54) is 0 Å². The van der Waals surface area contributed by atoms with Crippen LogP contribution in [-0.4, -0.2) is 30.1 Å². The van der Waals surface area contributed by atoms with Crippen molar-refractivity contribution in [3.05, 3.63) is 29.8 Å². The maximum atomic E-state index is 11.9. The quantitative estimate of drug-likeness (QED) is 0.770. The number of carboxylic acid groups (broad SMARTS) is 1. The van der Waals surface area contributed by atoms with E-state index in [4.69, 9.17) is 9.84 Å². The second-order valence-corrected chi connectivity index (χ2v) is 5.44. The van der Waals surface area contributed by atoms with Crippen LogP contribution in [0.1, 0.15) is 32.3 Å². The molecule has 0 unspecified atom stereocenters. The van der Waals surface area contributed by atoms with Crippen molar-refractivity contribution in [2.75, 3.05) is 7.11 Å². The van der Waals surface area contributed by atoms with Gasteiger partial charge >= 0.3 is 5.97 Å². The van der Waals surface area contributed by atoms with E-state index in [2.05, 4.69) is 5.32 Å². The van der Waals surface area contributed by atoms with E-state index in [0.717, 1.165) is 11.3 Å². The first-order valence-corrected chi connectivity index (χ1v) is 7.07. The molecule has 1 aromatic rings. The molecule has 0 aliphatic carbocycles. The number of benzene rings is 1. The molecule has 5 nitrogen and oxygen atoms in total. The summed E-state index contributed by atoms with van der Waals surface area (Å²) in [4.78, 5) is 23.0. The Morgan fingerprint density at radius 1 is 1.33 bits per heavy atom. The topological polar surface area (TPSA) is 75.6 Å². The van der Waals surface area contributed by atoms with Gasteiger partial charge in [0.15, 0.2) is 0 Å². The van der Waals surface area contributed by atoms with Crippen molar-refractivity contribution < 1.29 is 19.4 Å². The molecule has 0 fully saturated rings. The van der Waals surface area contributed by atoms with Gasteiger partial charge in [0.2, 0.25) is 5.91 Å². The van der Waals surface area contributed by atoms with Crippen LogP contribution in [0, 0.1) is 5.92 Å². The molecule has 0 radical (unpaired) electrons. The molecular formula is C16H23NO4. The molecule has 1 amide bonds. The van der Waals surface area contributed by atoms with Gasteiger partial charge in [0.1, 0.15) is 11.8 Å². The molecule has 0 aliphatic rings. The van der Waals surface area contributed by atoms with Gasteiger partial charge in [-0.3, -0.25) is 4.79 Å². The number of carboxylic acids is 1. The zero-order valence-corrected chi connectivity index (χ0v) is 12.8. The first-order chi connectivity index (χ1) is 9.92. The summed E-state index contributed by atoms with van der Waals surface area (Å²) in [7, 11) is 1.59. The largest absolute Gasteiger partial charge is 0.497 e. The second kappa shape index (κ2) is 8.29. The van der Waals surface area contributed by atoms with Crippen molar-refractivity contribution in [3.8, 4) is 5.75 Å². The number of hydrogen-bond acceptors (Lipinski definition) is 3. The number of carbonyl (C=O) groups is 2. The summed E-state index contributed by atoms with van der Waals surface area (Å²) in [5, 5.41) is 11.7. The Hall–Kier alpha value is -2.04. The molecule has 0 aromatic heterocycles. The Bertz CT molecular complexity index is 485. The fourth-order valence-electron chi connectivity index (χ4n) is 2.05. The molecule has 0 heterocycles. The predicted molar refractivity (Wildman–Crippen MR) is 80.3 cm³/mol. The Morgan fingerprint density at radius 2 is 2.05 bits per heavy atom. The fourth-order valence-corrected chi connectivity index (χ4v) is 2.05. The third-order valence-electron chi connectivity index (χ3n) is 3.12. The fraction of sp³-hybridized carbons (Fsp3) is 0.500. The molecule has 0 aliphatic heterocycles. The van der Waals surface area contributed by atoms with Crippen molar-refractivity contribution in [2.45, 2.75) is 39.2 Å². The van der Waals surface area contributed by atoms with Gasteiger partial charge in [-0.05, 0) is 36.5 Å². The molecule has 21 heavy (non-hydrogen) atoms. The molecule has 0 bridgehead atoms. The van der Waals surface area contributed by atoms with Crippen LogP contribution in [0.3, 0.4) is 0 Å². The van der Waals surface area contributed by atoms with E-state index in [0.29, 0.717) is 12.8 Å². The number of methoxy groups -OCH3 is 1. The lowest BCUT2D eigenvalue weighted by molar-refractivity contribution is -0.142. The van der Waals surface area contributed by atoms with Gasteiger partial charge in [-0.1, -0.05) is 26.0 Å². The zero-order chi connectivity index (χ0) is 15.8. The Labute approximate surface area is 125 Å². The number of amides is 1. The number of hydrogen-bond donors (Lipinski definition) is 2. The van der Waals surface area contributed by atoms with Gasteiger partial charge in [0.05, 0.1) is 7.11 Å². The molecule has 1 rings (SSSR count). The third-order valence-corrected chi connectivity index (χ3v) is 3.12. The van der Waals surface area contributed by atoms with Gasteiger partial charge in [-0.2, -0.15) is 0 Å². The Morgan fingerprint density at radius 3 is 2.62 bits per heavy atom. The number of aryl methyl sites for hydroxylation is 1. The average Bonchev–Trinajstić information content (AvgIpc) is 2.44. The van der Waals surface area contributed by atoms with Crippen molar-refractivity contribution >= 4 is 11.9 Å². The van der Waals surface area contributed by atoms with Crippen LogP contribution in [0.25, 0.3) is 0 Å². The molecule has 1 atom stereocenters. The van der Waals surface area contributed by atoms with Gasteiger partial charge in [-0.15, -0.1) is 0 Å². The van der Waals surface area contributed by atoms with Crippen LogP contribution in [0.2, 0.25) is 0 Å². The highest BCUT2D eigenvalue weighted by atomic mass is 16.5. The molecule has 1 aromatic carbocycles. The lowest BCUT2D eigenvalue weighted by Crippen LogP contribution is -2.41. The monoisotopic (exact) mass is 293 g/mol. The maximum Gasteiger partial charge on any atom is 0.326 e. The van der Waals surface area contributed by atoms with Gasteiger partial charge in [-0.25, -0.2) is 4.79 Å². The molecular weight excluding hydrogens is 270 g/mol. The molecule has 116 valence electrons. The van der Waals surface area contributed by atoms with E-state index < -0.39 is 12.0 Å². The number of ether oxygens (including phenoxy) is 1. The van der Waals surface area contributed by atoms with E-state index >= 15 is 0 Å². The summed E-state index contributed by atoms with van der Waals surface area (Å²) < 4.78 is 5.12. The molecule has 0 saturated heterocycles. The maximum absolute atomic E-state index is 11.9. The van der Waals surface area contributed by atoms with Crippen molar-refractivity contribution in [1.82, 2.24) is 5.32 Å². The second-order valence-electron chi connectivity index (χ2n) is 5.44. The normalized spacial score (nSPS) is 12.0. The lowest BCUT2D eigenvalue weighted by atomic mass is 10.0.